The van der Waals surface area contributed by atoms with Crippen molar-refractivity contribution in [2.24, 2.45) is 0 Å². The lowest BCUT2D eigenvalue weighted by molar-refractivity contribution is 0.333. The fraction of sp³-hybridized carbons (Fsp3) is 0.400. The van der Waals surface area contributed by atoms with E-state index in [0.717, 1.165) is 28.6 Å². The molecular formula is C15H20N2OS. The van der Waals surface area contributed by atoms with Crippen molar-refractivity contribution in [1.29, 1.82) is 0 Å². The first-order chi connectivity index (χ1) is 9.26. The third-order valence-electron chi connectivity index (χ3n) is 2.87. The van der Waals surface area contributed by atoms with Crippen LogP contribution >= 0.6 is 11.3 Å². The Bertz CT molecular complexity index is 524. The van der Waals surface area contributed by atoms with Gasteiger partial charge in [-0.25, -0.2) is 4.98 Å². The molecule has 1 atom stereocenters. The molecule has 3 nitrogen and oxygen atoms in total. The van der Waals surface area contributed by atoms with Gasteiger partial charge in [0.1, 0.15) is 5.75 Å². The molecule has 4 heteroatoms. The van der Waals surface area contributed by atoms with Crippen LogP contribution in [-0.4, -0.2) is 18.1 Å². The second-order valence-electron chi connectivity index (χ2n) is 4.25. The lowest BCUT2D eigenvalue weighted by atomic mass is 10.0. The van der Waals surface area contributed by atoms with Gasteiger partial charge in [-0.15, -0.1) is 11.3 Å². The molecule has 0 saturated carbocycles. The summed E-state index contributed by atoms with van der Waals surface area (Å²) in [6, 6.07) is 8.26. The van der Waals surface area contributed by atoms with Gasteiger partial charge < -0.3 is 10.1 Å². The molecule has 0 bridgehead atoms. The molecule has 0 aliphatic heterocycles. The summed E-state index contributed by atoms with van der Waals surface area (Å²) in [4.78, 5) is 4.61. The van der Waals surface area contributed by atoms with Crippen LogP contribution in [0.1, 0.15) is 36.2 Å². The Kier molecular flexibility index (Phi) is 4.93. The van der Waals surface area contributed by atoms with Gasteiger partial charge in [0.15, 0.2) is 0 Å². The van der Waals surface area contributed by atoms with Crippen LogP contribution in [0.5, 0.6) is 5.75 Å². The van der Waals surface area contributed by atoms with E-state index in [2.05, 4.69) is 28.7 Å². The lowest BCUT2D eigenvalue weighted by Crippen LogP contribution is -2.23. The van der Waals surface area contributed by atoms with Gasteiger partial charge >= 0.3 is 0 Å². The van der Waals surface area contributed by atoms with E-state index in [0.29, 0.717) is 6.61 Å². The molecule has 1 aromatic carbocycles. The zero-order valence-corrected chi connectivity index (χ0v) is 12.5. The summed E-state index contributed by atoms with van der Waals surface area (Å²) < 4.78 is 5.73. The molecule has 19 heavy (non-hydrogen) atoms. The first kappa shape index (κ1) is 14.0. The van der Waals surface area contributed by atoms with Crippen molar-refractivity contribution >= 4 is 11.3 Å². The molecule has 1 heterocycles. The number of ether oxygens (including phenoxy) is 1. The van der Waals surface area contributed by atoms with E-state index in [1.54, 1.807) is 11.3 Å². The molecule has 1 N–H and O–H groups in total. The molecule has 0 aliphatic carbocycles. The van der Waals surface area contributed by atoms with Crippen LogP contribution in [0.15, 0.2) is 29.6 Å². The van der Waals surface area contributed by atoms with Crippen molar-refractivity contribution in [3.8, 4) is 5.75 Å². The first-order valence-corrected chi connectivity index (χ1v) is 7.51. The molecule has 0 aliphatic rings. The van der Waals surface area contributed by atoms with Gasteiger partial charge in [0.05, 0.1) is 23.4 Å². The summed E-state index contributed by atoms with van der Waals surface area (Å²) in [5.74, 6) is 0.932. The van der Waals surface area contributed by atoms with Crippen LogP contribution in [0.4, 0.5) is 0 Å². The van der Waals surface area contributed by atoms with Gasteiger partial charge in [-0.2, -0.15) is 0 Å². The predicted molar refractivity (Wildman–Crippen MR) is 80.0 cm³/mol. The number of hydrogen-bond acceptors (Lipinski definition) is 4. The van der Waals surface area contributed by atoms with Gasteiger partial charge in [0.2, 0.25) is 0 Å². The highest BCUT2D eigenvalue weighted by Gasteiger charge is 2.19. The summed E-state index contributed by atoms with van der Waals surface area (Å²) in [5, 5.41) is 6.70. The van der Waals surface area contributed by atoms with E-state index in [9.17, 15) is 0 Å². The van der Waals surface area contributed by atoms with Gasteiger partial charge in [-0.1, -0.05) is 25.1 Å². The summed E-state index contributed by atoms with van der Waals surface area (Å²) in [7, 11) is 0. The number of thiazole rings is 1. The summed E-state index contributed by atoms with van der Waals surface area (Å²) in [6.45, 7) is 7.71. The van der Waals surface area contributed by atoms with Crippen LogP contribution in [0.3, 0.4) is 0 Å². The molecule has 0 radical (unpaired) electrons. The number of nitrogens with one attached hydrogen (secondary N) is 1. The Balaban J connectivity index is 2.38. The van der Waals surface area contributed by atoms with Crippen molar-refractivity contribution in [3.63, 3.8) is 0 Å². The zero-order valence-electron chi connectivity index (χ0n) is 11.6. The third kappa shape index (κ3) is 3.33. The molecule has 0 fully saturated rings. The standard InChI is InChI=1S/C15H20N2OS/c1-4-16-15(13-10-19-11(3)17-13)12-8-6-7-9-14(12)18-5-2/h6-10,15-16H,4-5H2,1-3H3. The molecule has 0 spiro atoms. The van der Waals surface area contributed by atoms with Crippen LogP contribution in [0.2, 0.25) is 0 Å². The Morgan fingerprint density at radius 2 is 2.11 bits per heavy atom. The minimum atomic E-state index is 0.0951. The van der Waals surface area contributed by atoms with Crippen LogP contribution < -0.4 is 10.1 Å². The average Bonchev–Trinajstić information content (AvgIpc) is 2.84. The molecule has 1 unspecified atom stereocenters. The fourth-order valence-corrected chi connectivity index (χ4v) is 2.73. The van der Waals surface area contributed by atoms with E-state index < -0.39 is 0 Å². The van der Waals surface area contributed by atoms with Gasteiger partial charge in [0, 0.05) is 10.9 Å². The average molecular weight is 276 g/mol. The summed E-state index contributed by atoms with van der Waals surface area (Å²) in [6.07, 6.45) is 0. The van der Waals surface area contributed by atoms with E-state index in [-0.39, 0.29) is 6.04 Å². The Hall–Kier alpha value is -1.39. The molecule has 2 rings (SSSR count). The smallest absolute Gasteiger partial charge is 0.124 e. The third-order valence-corrected chi connectivity index (χ3v) is 3.66. The SMILES string of the molecule is CCNC(c1csc(C)n1)c1ccccc1OCC. The van der Waals surface area contributed by atoms with Gasteiger partial charge in [-0.3, -0.25) is 0 Å². The van der Waals surface area contributed by atoms with Gasteiger partial charge in [-0.05, 0) is 26.5 Å². The molecule has 1 aromatic heterocycles. The second kappa shape index (κ2) is 6.68. The maximum absolute atomic E-state index is 5.73. The molecule has 0 amide bonds. The second-order valence-corrected chi connectivity index (χ2v) is 5.32. The normalized spacial score (nSPS) is 12.4. The minimum absolute atomic E-state index is 0.0951. The number of rotatable bonds is 6. The predicted octanol–water partition coefficient (Wildman–Crippen LogP) is 3.55. The Morgan fingerprint density at radius 3 is 2.74 bits per heavy atom. The summed E-state index contributed by atoms with van der Waals surface area (Å²) in [5.41, 5.74) is 2.22. The number of benzene rings is 1. The molecule has 0 saturated heterocycles. The monoisotopic (exact) mass is 276 g/mol. The fourth-order valence-electron chi connectivity index (χ4n) is 2.10. The van der Waals surface area contributed by atoms with Gasteiger partial charge in [0.25, 0.3) is 0 Å². The zero-order chi connectivity index (χ0) is 13.7. The first-order valence-electron chi connectivity index (χ1n) is 6.63. The van der Waals surface area contributed by atoms with E-state index in [4.69, 9.17) is 4.74 Å². The topological polar surface area (TPSA) is 34.2 Å². The molecule has 2 aromatic rings. The minimum Gasteiger partial charge on any atom is -0.494 e. The Labute approximate surface area is 118 Å². The highest BCUT2D eigenvalue weighted by molar-refractivity contribution is 7.09. The lowest BCUT2D eigenvalue weighted by Gasteiger charge is -2.19. The maximum Gasteiger partial charge on any atom is 0.124 e. The summed E-state index contributed by atoms with van der Waals surface area (Å²) >= 11 is 1.68. The number of aryl methyl sites for hydroxylation is 1. The van der Waals surface area contributed by atoms with E-state index >= 15 is 0 Å². The number of nitrogens with zero attached hydrogens (tertiary/aromatic N) is 1. The molecule has 102 valence electrons. The highest BCUT2D eigenvalue weighted by Crippen LogP contribution is 2.30. The van der Waals surface area contributed by atoms with Crippen molar-refractivity contribution < 1.29 is 4.74 Å². The van der Waals surface area contributed by atoms with Crippen LogP contribution in [0, 0.1) is 6.92 Å². The molecular weight excluding hydrogens is 256 g/mol. The van der Waals surface area contributed by atoms with Crippen molar-refractivity contribution in [3.05, 3.63) is 45.9 Å². The van der Waals surface area contributed by atoms with E-state index in [1.165, 1.54) is 0 Å². The van der Waals surface area contributed by atoms with Crippen molar-refractivity contribution in [2.75, 3.05) is 13.2 Å². The van der Waals surface area contributed by atoms with Crippen LogP contribution in [0.25, 0.3) is 0 Å². The number of aromatic nitrogens is 1. The van der Waals surface area contributed by atoms with Crippen LogP contribution in [-0.2, 0) is 0 Å². The Morgan fingerprint density at radius 1 is 1.32 bits per heavy atom. The van der Waals surface area contributed by atoms with Crippen molar-refractivity contribution in [1.82, 2.24) is 10.3 Å². The number of para-hydroxylation sites is 1. The maximum atomic E-state index is 5.73. The number of hydrogen-bond donors (Lipinski definition) is 1. The van der Waals surface area contributed by atoms with E-state index in [1.807, 2.05) is 32.0 Å². The van der Waals surface area contributed by atoms with Crippen molar-refractivity contribution in [2.45, 2.75) is 26.8 Å². The largest absolute Gasteiger partial charge is 0.494 e. The highest BCUT2D eigenvalue weighted by atomic mass is 32.1. The quantitative estimate of drug-likeness (QED) is 0.876.